The Labute approximate surface area is 199 Å². The van der Waals surface area contributed by atoms with Crippen molar-refractivity contribution in [1.82, 2.24) is 14.5 Å². The number of fused-ring (bicyclic) bond motifs is 1. The van der Waals surface area contributed by atoms with E-state index in [0.29, 0.717) is 11.5 Å². The molecule has 8 heteroatoms. The number of anilines is 3. The molecule has 0 atom stereocenters. The van der Waals surface area contributed by atoms with Gasteiger partial charge in [0.05, 0.1) is 11.0 Å². The maximum absolute atomic E-state index is 12.3. The molecule has 0 aliphatic rings. The highest BCUT2D eigenvalue weighted by Crippen LogP contribution is 2.29. The largest absolute Gasteiger partial charge is 0.457 e. The van der Waals surface area contributed by atoms with E-state index in [1.807, 2.05) is 76.8 Å². The fourth-order valence-electron chi connectivity index (χ4n) is 3.38. The molecule has 0 saturated carbocycles. The summed E-state index contributed by atoms with van der Waals surface area (Å²) in [5, 5.41) is 3.37. The molecular formula is C26H29N5O3. The number of esters is 1. The highest BCUT2D eigenvalue weighted by molar-refractivity contribution is 5.88. The van der Waals surface area contributed by atoms with Gasteiger partial charge >= 0.3 is 5.97 Å². The van der Waals surface area contributed by atoms with Crippen LogP contribution in [0, 0.1) is 0 Å². The number of aryl methyl sites for hydroxylation is 1. The average molecular weight is 460 g/mol. The van der Waals surface area contributed by atoms with E-state index in [0.717, 1.165) is 28.4 Å². The summed E-state index contributed by atoms with van der Waals surface area (Å²) in [6.07, 6.45) is 1.53. The Kier molecular flexibility index (Phi) is 6.15. The number of imidazole rings is 1. The Balaban J connectivity index is 1.53. The average Bonchev–Trinajstić information content (AvgIpc) is 3.07. The zero-order valence-corrected chi connectivity index (χ0v) is 20.3. The fraction of sp³-hybridized carbons (Fsp3) is 0.269. The maximum Gasteiger partial charge on any atom is 0.357 e. The summed E-state index contributed by atoms with van der Waals surface area (Å²) in [5.41, 5.74) is 3.42. The van der Waals surface area contributed by atoms with Crippen LogP contribution in [0.2, 0.25) is 0 Å². The lowest BCUT2D eigenvalue weighted by Gasteiger charge is -2.19. The summed E-state index contributed by atoms with van der Waals surface area (Å²) < 4.78 is 13.4. The Bertz CT molecular complexity index is 1320. The predicted molar refractivity (Wildman–Crippen MR) is 134 cm³/mol. The number of ether oxygens (including phenoxy) is 2. The first-order chi connectivity index (χ1) is 16.1. The number of pyridine rings is 1. The van der Waals surface area contributed by atoms with Crippen molar-refractivity contribution in [2.45, 2.75) is 26.4 Å². The van der Waals surface area contributed by atoms with Gasteiger partial charge in [-0.05, 0) is 63.2 Å². The molecule has 2 aromatic carbocycles. The first kappa shape index (κ1) is 23.1. The number of rotatable bonds is 6. The van der Waals surface area contributed by atoms with E-state index in [4.69, 9.17) is 14.5 Å². The number of nitrogens with one attached hydrogen (secondary N) is 1. The Morgan fingerprint density at radius 3 is 2.38 bits per heavy atom. The first-order valence-electron chi connectivity index (χ1n) is 11.0. The van der Waals surface area contributed by atoms with Crippen molar-refractivity contribution in [2.24, 2.45) is 7.05 Å². The molecule has 0 unspecified atom stereocenters. The van der Waals surface area contributed by atoms with Crippen LogP contribution in [0.25, 0.3) is 11.0 Å². The van der Waals surface area contributed by atoms with Crippen LogP contribution in [0.5, 0.6) is 11.5 Å². The lowest BCUT2D eigenvalue weighted by atomic mass is 10.2. The SMILES string of the molecule is CN(C)c1ccc(Nc2nc3cc(Oc4ccnc(C(=O)OC(C)(C)C)c4)ccc3n2C)cc1. The molecule has 2 aromatic heterocycles. The van der Waals surface area contributed by atoms with Gasteiger partial charge in [0.1, 0.15) is 17.1 Å². The van der Waals surface area contributed by atoms with Crippen molar-refractivity contribution in [3.63, 3.8) is 0 Å². The summed E-state index contributed by atoms with van der Waals surface area (Å²) >= 11 is 0. The summed E-state index contributed by atoms with van der Waals surface area (Å²) in [5.74, 6) is 1.33. The number of aromatic nitrogens is 3. The molecular weight excluding hydrogens is 430 g/mol. The molecule has 0 spiro atoms. The fourth-order valence-corrected chi connectivity index (χ4v) is 3.38. The Morgan fingerprint density at radius 2 is 1.71 bits per heavy atom. The molecule has 176 valence electrons. The molecule has 34 heavy (non-hydrogen) atoms. The van der Waals surface area contributed by atoms with Gasteiger partial charge < -0.3 is 24.3 Å². The van der Waals surface area contributed by atoms with Crippen LogP contribution in [0.3, 0.4) is 0 Å². The van der Waals surface area contributed by atoms with E-state index in [1.54, 1.807) is 12.1 Å². The van der Waals surface area contributed by atoms with Crippen LogP contribution >= 0.6 is 0 Å². The van der Waals surface area contributed by atoms with Crippen LogP contribution in [0.4, 0.5) is 17.3 Å². The number of hydrogen-bond acceptors (Lipinski definition) is 7. The van der Waals surface area contributed by atoms with Crippen molar-refractivity contribution in [3.8, 4) is 11.5 Å². The molecule has 2 heterocycles. The third kappa shape index (κ3) is 5.28. The molecule has 0 amide bonds. The molecule has 8 nitrogen and oxygen atoms in total. The summed E-state index contributed by atoms with van der Waals surface area (Å²) in [7, 11) is 5.98. The van der Waals surface area contributed by atoms with Crippen molar-refractivity contribution in [1.29, 1.82) is 0 Å². The topological polar surface area (TPSA) is 81.5 Å². The van der Waals surface area contributed by atoms with Gasteiger partial charge in [0.25, 0.3) is 0 Å². The highest BCUT2D eigenvalue weighted by Gasteiger charge is 2.19. The maximum atomic E-state index is 12.3. The van der Waals surface area contributed by atoms with Crippen molar-refractivity contribution in [2.75, 3.05) is 24.3 Å². The third-order valence-corrected chi connectivity index (χ3v) is 5.07. The van der Waals surface area contributed by atoms with Crippen molar-refractivity contribution >= 4 is 34.3 Å². The van der Waals surface area contributed by atoms with Gasteiger partial charge in [0.2, 0.25) is 5.95 Å². The second kappa shape index (κ2) is 9.05. The number of hydrogen-bond donors (Lipinski definition) is 1. The quantitative estimate of drug-likeness (QED) is 0.380. The van der Waals surface area contributed by atoms with Gasteiger partial charge in [0.15, 0.2) is 5.69 Å². The number of carbonyl (C=O) groups is 1. The number of benzene rings is 2. The van der Waals surface area contributed by atoms with E-state index in [9.17, 15) is 4.79 Å². The molecule has 1 N–H and O–H groups in total. The second-order valence-corrected chi connectivity index (χ2v) is 9.19. The Hall–Kier alpha value is -4.07. The minimum absolute atomic E-state index is 0.193. The standard InChI is InChI=1S/C26H29N5O3/c1-26(2,3)34-24(32)22-16-20(13-14-27-22)33-19-11-12-23-21(15-19)29-25(31(23)6)28-17-7-9-18(10-8-17)30(4)5/h7-16H,1-6H3,(H,28,29). The van der Waals surface area contributed by atoms with E-state index in [-0.39, 0.29) is 5.69 Å². The van der Waals surface area contributed by atoms with E-state index in [1.165, 1.54) is 6.20 Å². The molecule has 0 saturated heterocycles. The zero-order chi connectivity index (χ0) is 24.5. The molecule has 0 aliphatic carbocycles. The molecule has 4 aromatic rings. The van der Waals surface area contributed by atoms with E-state index < -0.39 is 11.6 Å². The van der Waals surface area contributed by atoms with Gasteiger partial charge in [-0.25, -0.2) is 14.8 Å². The number of carbonyl (C=O) groups excluding carboxylic acids is 1. The van der Waals surface area contributed by atoms with Crippen LogP contribution < -0.4 is 15.0 Å². The van der Waals surface area contributed by atoms with Crippen molar-refractivity contribution < 1.29 is 14.3 Å². The first-order valence-corrected chi connectivity index (χ1v) is 11.0. The van der Waals surface area contributed by atoms with Crippen LogP contribution in [-0.4, -0.2) is 40.2 Å². The van der Waals surface area contributed by atoms with Crippen molar-refractivity contribution in [3.05, 3.63) is 66.5 Å². The number of nitrogens with zero attached hydrogens (tertiary/aromatic N) is 4. The zero-order valence-electron chi connectivity index (χ0n) is 20.3. The minimum atomic E-state index is -0.597. The molecule has 0 radical (unpaired) electrons. The lowest BCUT2D eigenvalue weighted by molar-refractivity contribution is 0.00624. The van der Waals surface area contributed by atoms with Gasteiger partial charge in [0, 0.05) is 50.8 Å². The minimum Gasteiger partial charge on any atom is -0.457 e. The van der Waals surface area contributed by atoms with Crippen LogP contribution in [-0.2, 0) is 11.8 Å². The van der Waals surface area contributed by atoms with Crippen LogP contribution in [0.15, 0.2) is 60.8 Å². The van der Waals surface area contributed by atoms with E-state index in [2.05, 4.69) is 27.3 Å². The van der Waals surface area contributed by atoms with Gasteiger partial charge in [-0.3, -0.25) is 0 Å². The van der Waals surface area contributed by atoms with Gasteiger partial charge in [-0.15, -0.1) is 0 Å². The summed E-state index contributed by atoms with van der Waals surface area (Å²) in [6, 6.07) is 17.1. The van der Waals surface area contributed by atoms with Gasteiger partial charge in [-0.2, -0.15) is 0 Å². The van der Waals surface area contributed by atoms with E-state index >= 15 is 0 Å². The molecule has 4 rings (SSSR count). The third-order valence-electron chi connectivity index (χ3n) is 5.07. The molecule has 0 fully saturated rings. The second-order valence-electron chi connectivity index (χ2n) is 9.19. The molecule has 0 bridgehead atoms. The lowest BCUT2D eigenvalue weighted by Crippen LogP contribution is -2.24. The molecule has 0 aliphatic heterocycles. The van der Waals surface area contributed by atoms with Gasteiger partial charge in [-0.1, -0.05) is 0 Å². The predicted octanol–water partition coefficient (Wildman–Crippen LogP) is 5.53. The summed E-state index contributed by atoms with van der Waals surface area (Å²) in [6.45, 7) is 5.44. The normalized spacial score (nSPS) is 11.4. The smallest absolute Gasteiger partial charge is 0.357 e. The Morgan fingerprint density at radius 1 is 1.00 bits per heavy atom. The monoisotopic (exact) mass is 459 g/mol. The highest BCUT2D eigenvalue weighted by atomic mass is 16.6. The van der Waals surface area contributed by atoms with Crippen LogP contribution in [0.1, 0.15) is 31.3 Å². The summed E-state index contributed by atoms with van der Waals surface area (Å²) in [4.78, 5) is 23.2.